The van der Waals surface area contributed by atoms with Gasteiger partial charge in [-0.15, -0.1) is 0 Å². The first kappa shape index (κ1) is 12.8. The minimum atomic E-state index is -0.384. The van der Waals surface area contributed by atoms with Crippen molar-refractivity contribution in [3.05, 3.63) is 64.0 Å². The van der Waals surface area contributed by atoms with Gasteiger partial charge in [0.1, 0.15) is 11.3 Å². The molecule has 4 heteroatoms. The third kappa shape index (κ3) is 2.17. The van der Waals surface area contributed by atoms with Gasteiger partial charge in [0, 0.05) is 5.39 Å². The van der Waals surface area contributed by atoms with Crippen molar-refractivity contribution in [1.82, 2.24) is 0 Å². The number of hydrogen-bond acceptors (Lipinski definition) is 3. The summed E-state index contributed by atoms with van der Waals surface area (Å²) in [5.74, 6) is 0.570. The molecule has 3 rings (SSSR count). The summed E-state index contributed by atoms with van der Waals surface area (Å²) in [7, 11) is 1.55. The highest BCUT2D eigenvalue weighted by Gasteiger charge is 2.10. The molecule has 0 aliphatic carbocycles. The Hall–Kier alpha value is -2.26. The third-order valence-corrected chi connectivity index (χ3v) is 3.40. The van der Waals surface area contributed by atoms with Crippen LogP contribution in [0.3, 0.4) is 0 Å². The maximum atomic E-state index is 12.1. The van der Waals surface area contributed by atoms with Gasteiger partial charge in [0.25, 0.3) is 0 Å². The van der Waals surface area contributed by atoms with Crippen LogP contribution >= 0.6 is 11.6 Å². The van der Waals surface area contributed by atoms with Crippen molar-refractivity contribution in [2.24, 2.45) is 0 Å². The van der Waals surface area contributed by atoms with Crippen LogP contribution in [0.15, 0.2) is 57.7 Å². The largest absolute Gasteiger partial charge is 0.495 e. The maximum Gasteiger partial charge on any atom is 0.344 e. The number of methoxy groups -OCH3 is 1. The smallest absolute Gasteiger partial charge is 0.344 e. The fraction of sp³-hybridized carbons (Fsp3) is 0.0625. The molecule has 3 aromatic rings. The van der Waals surface area contributed by atoms with E-state index in [1.807, 2.05) is 18.2 Å². The van der Waals surface area contributed by atoms with Crippen LogP contribution in [-0.4, -0.2) is 7.11 Å². The van der Waals surface area contributed by atoms with E-state index in [0.29, 0.717) is 27.5 Å². The molecule has 2 aromatic carbocycles. The van der Waals surface area contributed by atoms with Gasteiger partial charge >= 0.3 is 5.63 Å². The lowest BCUT2D eigenvalue weighted by atomic mass is 10.1. The van der Waals surface area contributed by atoms with Crippen molar-refractivity contribution in [1.29, 1.82) is 0 Å². The van der Waals surface area contributed by atoms with Gasteiger partial charge in [0.2, 0.25) is 0 Å². The zero-order valence-corrected chi connectivity index (χ0v) is 11.5. The molecule has 0 spiro atoms. The lowest BCUT2D eigenvalue weighted by Gasteiger charge is -2.06. The lowest BCUT2D eigenvalue weighted by Crippen LogP contribution is -2.02. The molecule has 1 heterocycles. The Balaban J connectivity index is 2.21. The van der Waals surface area contributed by atoms with Crippen LogP contribution in [0.2, 0.25) is 5.02 Å². The Morgan fingerprint density at radius 2 is 1.90 bits per heavy atom. The van der Waals surface area contributed by atoms with Gasteiger partial charge in [-0.25, -0.2) is 4.79 Å². The van der Waals surface area contributed by atoms with Crippen LogP contribution in [0.1, 0.15) is 0 Å². The number of hydrogen-bond donors (Lipinski definition) is 0. The molecule has 0 amide bonds. The fourth-order valence-corrected chi connectivity index (χ4v) is 2.35. The van der Waals surface area contributed by atoms with Gasteiger partial charge in [-0.2, -0.15) is 0 Å². The summed E-state index contributed by atoms with van der Waals surface area (Å²) in [4.78, 5) is 12.1. The number of benzene rings is 2. The molecule has 0 atom stereocenters. The standard InChI is InChI=1S/C16H11ClO3/c1-19-15-7-6-10(9-13(15)17)12-8-11-4-2-3-5-14(11)20-16(12)18/h2-9H,1H3. The van der Waals surface area contributed by atoms with Crippen molar-refractivity contribution in [2.45, 2.75) is 0 Å². The minimum absolute atomic E-state index is 0.384. The van der Waals surface area contributed by atoms with Crippen molar-refractivity contribution in [2.75, 3.05) is 7.11 Å². The van der Waals surface area contributed by atoms with E-state index in [1.165, 1.54) is 0 Å². The SMILES string of the molecule is COc1ccc(-c2cc3ccccc3oc2=O)cc1Cl. The summed E-state index contributed by atoms with van der Waals surface area (Å²) < 4.78 is 10.4. The Bertz CT molecular complexity index is 836. The Morgan fingerprint density at radius 3 is 2.65 bits per heavy atom. The highest BCUT2D eigenvalue weighted by Crippen LogP contribution is 2.29. The van der Waals surface area contributed by atoms with Crippen LogP contribution < -0.4 is 10.4 Å². The summed E-state index contributed by atoms with van der Waals surface area (Å²) >= 11 is 6.09. The van der Waals surface area contributed by atoms with E-state index < -0.39 is 0 Å². The Labute approximate surface area is 120 Å². The second-order valence-corrected chi connectivity index (χ2v) is 4.74. The molecule has 0 fully saturated rings. The Kier molecular flexibility index (Phi) is 3.20. The van der Waals surface area contributed by atoms with Gasteiger partial charge in [0.15, 0.2) is 0 Å². The van der Waals surface area contributed by atoms with Crippen molar-refractivity contribution in [3.63, 3.8) is 0 Å². The molecule has 0 N–H and O–H groups in total. The van der Waals surface area contributed by atoms with Crippen LogP contribution in [-0.2, 0) is 0 Å². The summed E-state index contributed by atoms with van der Waals surface area (Å²) in [6.07, 6.45) is 0. The summed E-state index contributed by atoms with van der Waals surface area (Å²) in [6, 6.07) is 14.4. The zero-order valence-electron chi connectivity index (χ0n) is 10.7. The molecule has 0 bridgehead atoms. The van der Waals surface area contributed by atoms with Gasteiger partial charge in [0.05, 0.1) is 17.7 Å². The van der Waals surface area contributed by atoms with E-state index in [1.54, 1.807) is 37.4 Å². The van der Waals surface area contributed by atoms with Crippen molar-refractivity contribution in [3.8, 4) is 16.9 Å². The molecule has 0 saturated heterocycles. The average Bonchev–Trinajstić information content (AvgIpc) is 2.46. The number of para-hydroxylation sites is 1. The summed E-state index contributed by atoms with van der Waals surface area (Å²) in [5.41, 5.74) is 1.37. The van der Waals surface area contributed by atoms with Crippen LogP contribution in [0.25, 0.3) is 22.1 Å². The molecule has 1 aromatic heterocycles. The Morgan fingerprint density at radius 1 is 1.10 bits per heavy atom. The summed E-state index contributed by atoms with van der Waals surface area (Å²) in [6.45, 7) is 0. The molecule has 3 nitrogen and oxygen atoms in total. The molecule has 20 heavy (non-hydrogen) atoms. The van der Waals surface area contributed by atoms with Gasteiger partial charge in [-0.3, -0.25) is 0 Å². The average molecular weight is 287 g/mol. The quantitative estimate of drug-likeness (QED) is 0.665. The molecule has 0 unspecified atom stereocenters. The van der Waals surface area contributed by atoms with E-state index >= 15 is 0 Å². The first-order valence-corrected chi connectivity index (χ1v) is 6.43. The molecular weight excluding hydrogens is 276 g/mol. The van der Waals surface area contributed by atoms with Crippen LogP contribution in [0.5, 0.6) is 5.75 Å². The topological polar surface area (TPSA) is 39.4 Å². The first-order chi connectivity index (χ1) is 9.69. The maximum absolute atomic E-state index is 12.1. The van der Waals surface area contributed by atoms with Gasteiger partial charge < -0.3 is 9.15 Å². The van der Waals surface area contributed by atoms with Crippen molar-refractivity contribution < 1.29 is 9.15 Å². The predicted octanol–water partition coefficient (Wildman–Crippen LogP) is 4.12. The zero-order chi connectivity index (χ0) is 14.1. The van der Waals surface area contributed by atoms with E-state index in [4.69, 9.17) is 20.8 Å². The molecule has 100 valence electrons. The second kappa shape index (κ2) is 5.02. The highest BCUT2D eigenvalue weighted by molar-refractivity contribution is 6.32. The van der Waals surface area contributed by atoms with E-state index in [9.17, 15) is 4.79 Å². The van der Waals surface area contributed by atoms with Gasteiger partial charge in [-0.05, 0) is 29.8 Å². The second-order valence-electron chi connectivity index (χ2n) is 4.33. The monoisotopic (exact) mass is 286 g/mol. The number of halogens is 1. The fourth-order valence-electron chi connectivity index (χ4n) is 2.10. The molecular formula is C16H11ClO3. The van der Waals surface area contributed by atoms with Crippen molar-refractivity contribution >= 4 is 22.6 Å². The summed E-state index contributed by atoms with van der Waals surface area (Å²) in [5, 5.41) is 1.33. The minimum Gasteiger partial charge on any atom is -0.495 e. The first-order valence-electron chi connectivity index (χ1n) is 6.06. The highest BCUT2D eigenvalue weighted by atomic mass is 35.5. The van der Waals surface area contributed by atoms with E-state index in [-0.39, 0.29) is 5.63 Å². The van der Waals surface area contributed by atoms with Crippen LogP contribution in [0.4, 0.5) is 0 Å². The molecule has 0 aliphatic heterocycles. The number of fused-ring (bicyclic) bond motifs is 1. The predicted molar refractivity (Wildman–Crippen MR) is 79.5 cm³/mol. The lowest BCUT2D eigenvalue weighted by molar-refractivity contribution is 0.415. The number of ether oxygens (including phenoxy) is 1. The third-order valence-electron chi connectivity index (χ3n) is 3.10. The number of rotatable bonds is 2. The van der Waals surface area contributed by atoms with E-state index in [0.717, 1.165) is 5.39 Å². The molecule has 0 radical (unpaired) electrons. The van der Waals surface area contributed by atoms with E-state index in [2.05, 4.69) is 0 Å². The van der Waals surface area contributed by atoms with Crippen LogP contribution in [0, 0.1) is 0 Å². The molecule has 0 aliphatic rings. The molecule has 0 saturated carbocycles. The normalized spacial score (nSPS) is 10.7. The van der Waals surface area contributed by atoms with Gasteiger partial charge in [-0.1, -0.05) is 35.9 Å².